The van der Waals surface area contributed by atoms with Crippen molar-refractivity contribution in [3.63, 3.8) is 0 Å². The molecule has 0 unspecified atom stereocenters. The maximum absolute atomic E-state index is 11.6. The standard InChI is InChI=1S/C10H19NO3S/c1-9(2,3)15(12)11-6-8-7-13-10(4,5)14-8/h6,8H,7H2,1-5H3/b11-6+/t8-,15-/m0/s1. The molecule has 15 heavy (non-hydrogen) atoms. The van der Waals surface area contributed by atoms with Crippen LogP contribution < -0.4 is 0 Å². The summed E-state index contributed by atoms with van der Waals surface area (Å²) >= 11 is -1.22. The van der Waals surface area contributed by atoms with E-state index in [0.29, 0.717) is 6.61 Å². The van der Waals surface area contributed by atoms with Gasteiger partial charge in [-0.15, -0.1) is 0 Å². The molecule has 0 bridgehead atoms. The second-order valence-electron chi connectivity index (χ2n) is 4.98. The van der Waals surface area contributed by atoms with Crippen LogP contribution >= 0.6 is 0 Å². The van der Waals surface area contributed by atoms with Gasteiger partial charge in [0.05, 0.1) is 12.8 Å². The van der Waals surface area contributed by atoms with Crippen molar-refractivity contribution in [3.05, 3.63) is 0 Å². The first-order chi connectivity index (χ1) is 6.71. The molecule has 0 saturated carbocycles. The predicted octanol–water partition coefficient (Wildman–Crippen LogP) is 1.67. The van der Waals surface area contributed by atoms with Crippen molar-refractivity contribution in [1.29, 1.82) is 0 Å². The van der Waals surface area contributed by atoms with Crippen molar-refractivity contribution in [2.45, 2.75) is 51.3 Å². The molecule has 0 N–H and O–H groups in total. The molecule has 2 atom stereocenters. The Bertz CT molecular complexity index is 248. The van der Waals surface area contributed by atoms with Gasteiger partial charge in [-0.2, -0.15) is 0 Å². The van der Waals surface area contributed by atoms with Crippen molar-refractivity contribution < 1.29 is 14.0 Å². The predicted molar refractivity (Wildman–Crippen MR) is 61.3 cm³/mol. The summed E-state index contributed by atoms with van der Waals surface area (Å²) in [6.07, 6.45) is 1.39. The molecule has 1 saturated heterocycles. The molecule has 1 aliphatic rings. The van der Waals surface area contributed by atoms with E-state index < -0.39 is 17.1 Å². The lowest BCUT2D eigenvalue weighted by atomic mass is 10.3. The van der Waals surface area contributed by atoms with Crippen molar-refractivity contribution in [3.8, 4) is 0 Å². The van der Waals surface area contributed by atoms with E-state index in [1.54, 1.807) is 6.21 Å². The average molecular weight is 233 g/mol. The smallest absolute Gasteiger partial charge is 0.163 e. The van der Waals surface area contributed by atoms with Gasteiger partial charge >= 0.3 is 0 Å². The zero-order valence-electron chi connectivity index (χ0n) is 9.94. The molecule has 0 aromatic rings. The normalized spacial score (nSPS) is 28.5. The molecule has 1 aliphatic heterocycles. The second-order valence-corrected chi connectivity index (χ2v) is 6.92. The molecule has 4 nitrogen and oxygen atoms in total. The van der Waals surface area contributed by atoms with Crippen molar-refractivity contribution in [2.75, 3.05) is 6.61 Å². The summed E-state index contributed by atoms with van der Waals surface area (Å²) in [6.45, 7) is 9.82. The molecule has 0 radical (unpaired) electrons. The van der Waals surface area contributed by atoms with Gasteiger partial charge in [0.25, 0.3) is 0 Å². The number of rotatable bonds is 2. The molecule has 0 aromatic heterocycles. The molecular formula is C10H19NO3S. The highest BCUT2D eigenvalue weighted by Gasteiger charge is 2.33. The topological polar surface area (TPSA) is 53.9 Å². The van der Waals surface area contributed by atoms with E-state index in [0.717, 1.165) is 0 Å². The third kappa shape index (κ3) is 4.10. The van der Waals surface area contributed by atoms with Crippen LogP contribution in [0.25, 0.3) is 0 Å². The Morgan fingerprint density at radius 2 is 2.07 bits per heavy atom. The van der Waals surface area contributed by atoms with Gasteiger partial charge < -0.3 is 14.0 Å². The summed E-state index contributed by atoms with van der Waals surface area (Å²) in [5, 5.41) is 0. The van der Waals surface area contributed by atoms with Gasteiger partial charge in [0.1, 0.15) is 22.2 Å². The maximum Gasteiger partial charge on any atom is 0.163 e. The Balaban J connectivity index is 2.46. The van der Waals surface area contributed by atoms with Gasteiger partial charge in [-0.05, 0) is 34.6 Å². The summed E-state index contributed by atoms with van der Waals surface area (Å²) in [4.78, 5) is 0. The zero-order valence-corrected chi connectivity index (χ0v) is 10.8. The van der Waals surface area contributed by atoms with E-state index >= 15 is 0 Å². The Morgan fingerprint density at radius 3 is 2.47 bits per heavy atom. The minimum Gasteiger partial charge on any atom is -0.591 e. The Kier molecular flexibility index (Phi) is 3.81. The van der Waals surface area contributed by atoms with Crippen LogP contribution in [0, 0.1) is 0 Å². The fourth-order valence-corrected chi connectivity index (χ4v) is 1.63. The van der Waals surface area contributed by atoms with E-state index in [-0.39, 0.29) is 10.9 Å². The lowest BCUT2D eigenvalue weighted by Crippen LogP contribution is -2.27. The van der Waals surface area contributed by atoms with E-state index in [2.05, 4.69) is 4.40 Å². The Labute approximate surface area is 94.4 Å². The van der Waals surface area contributed by atoms with Crippen molar-refractivity contribution >= 4 is 17.6 Å². The van der Waals surface area contributed by atoms with Crippen LogP contribution in [0.1, 0.15) is 34.6 Å². The van der Waals surface area contributed by atoms with Crippen LogP contribution in [0.2, 0.25) is 0 Å². The van der Waals surface area contributed by atoms with Crippen molar-refractivity contribution in [1.82, 2.24) is 0 Å². The first-order valence-corrected chi connectivity index (χ1v) is 6.09. The molecule has 1 heterocycles. The summed E-state index contributed by atoms with van der Waals surface area (Å²) in [7, 11) is 0. The summed E-state index contributed by atoms with van der Waals surface area (Å²) in [5.74, 6) is -0.556. The fourth-order valence-electron chi connectivity index (χ4n) is 1.07. The van der Waals surface area contributed by atoms with Gasteiger partial charge in [-0.1, -0.05) is 4.40 Å². The van der Waals surface area contributed by atoms with Crippen LogP contribution in [0.4, 0.5) is 0 Å². The highest BCUT2D eigenvalue weighted by molar-refractivity contribution is 7.91. The minimum atomic E-state index is -1.22. The number of hydrogen-bond acceptors (Lipinski definition) is 4. The highest BCUT2D eigenvalue weighted by atomic mass is 32.2. The number of hydrogen-bond donors (Lipinski definition) is 0. The van der Waals surface area contributed by atoms with Crippen LogP contribution in [0.5, 0.6) is 0 Å². The second kappa shape index (κ2) is 4.41. The van der Waals surface area contributed by atoms with Gasteiger partial charge in [-0.25, -0.2) is 0 Å². The first kappa shape index (κ1) is 13.0. The van der Waals surface area contributed by atoms with E-state index in [1.165, 1.54) is 0 Å². The van der Waals surface area contributed by atoms with Gasteiger partial charge in [-0.3, -0.25) is 0 Å². The molecule has 88 valence electrons. The molecule has 0 amide bonds. The lowest BCUT2D eigenvalue weighted by Gasteiger charge is -2.18. The lowest BCUT2D eigenvalue weighted by molar-refractivity contribution is -0.130. The largest absolute Gasteiger partial charge is 0.591 e. The minimum absolute atomic E-state index is 0.189. The SMILES string of the molecule is CC1(C)OC[C@H](/C=N/[S@@+]([O-])C(C)(C)C)O1. The first-order valence-electron chi connectivity index (χ1n) is 4.99. The van der Waals surface area contributed by atoms with E-state index in [1.807, 2.05) is 34.6 Å². The van der Waals surface area contributed by atoms with E-state index in [4.69, 9.17) is 9.47 Å². The van der Waals surface area contributed by atoms with Crippen LogP contribution in [-0.2, 0) is 20.8 Å². The highest BCUT2D eigenvalue weighted by Crippen LogP contribution is 2.22. The Morgan fingerprint density at radius 1 is 1.47 bits per heavy atom. The molecule has 1 fully saturated rings. The van der Waals surface area contributed by atoms with Crippen LogP contribution in [0.15, 0.2) is 4.40 Å². The quantitative estimate of drug-likeness (QED) is 0.538. The molecule has 0 aliphatic carbocycles. The number of nitrogens with zero attached hydrogens (tertiary/aromatic N) is 1. The molecule has 5 heteroatoms. The van der Waals surface area contributed by atoms with Gasteiger partial charge in [0, 0.05) is 0 Å². The van der Waals surface area contributed by atoms with Gasteiger partial charge in [0.15, 0.2) is 5.79 Å². The summed E-state index contributed by atoms with van der Waals surface area (Å²) in [6, 6.07) is 0. The van der Waals surface area contributed by atoms with Crippen LogP contribution in [-0.4, -0.2) is 34.0 Å². The molecule has 0 aromatic carbocycles. The monoisotopic (exact) mass is 233 g/mol. The molecule has 0 spiro atoms. The van der Waals surface area contributed by atoms with Crippen molar-refractivity contribution in [2.24, 2.45) is 4.40 Å². The van der Waals surface area contributed by atoms with Crippen LogP contribution in [0.3, 0.4) is 0 Å². The third-order valence-electron chi connectivity index (χ3n) is 1.88. The van der Waals surface area contributed by atoms with E-state index in [9.17, 15) is 4.55 Å². The summed E-state index contributed by atoms with van der Waals surface area (Å²) < 4.78 is 26.1. The average Bonchev–Trinajstić information content (AvgIpc) is 2.39. The third-order valence-corrected chi connectivity index (χ3v) is 3.24. The summed E-state index contributed by atoms with van der Waals surface area (Å²) in [5.41, 5.74) is 0. The van der Waals surface area contributed by atoms with Gasteiger partial charge in [0.2, 0.25) is 0 Å². The zero-order chi connectivity index (χ0) is 11.7. The fraction of sp³-hybridized carbons (Fsp3) is 0.900. The maximum atomic E-state index is 11.6. The Hall–Kier alpha value is -0.100. The molecule has 1 rings (SSSR count). The molecular weight excluding hydrogens is 214 g/mol. The number of ether oxygens (including phenoxy) is 2.